The molecule has 5 N–H and O–H groups in total. The molecule has 0 fully saturated rings. The van der Waals surface area contributed by atoms with Crippen LogP contribution in [-0.2, 0) is 11.2 Å². The van der Waals surface area contributed by atoms with Crippen molar-refractivity contribution in [1.29, 1.82) is 0 Å². The van der Waals surface area contributed by atoms with E-state index in [0.717, 1.165) is 24.3 Å². The molecule has 0 aliphatic rings. The Balaban J connectivity index is 2.32. The van der Waals surface area contributed by atoms with Crippen molar-refractivity contribution in [2.24, 2.45) is 0 Å². The standard InChI is InChI=1S/C17H12O8/c18-7-3-11(20)16-12(21)6-13(25-14(16)4-7)8-1-2-10(19)17(24)9(8)5-15(22)23/h1-4,6,18-20,24H,5H2,(H,22,23). The summed E-state index contributed by atoms with van der Waals surface area (Å²) in [7, 11) is 0. The lowest BCUT2D eigenvalue weighted by Gasteiger charge is -2.11. The van der Waals surface area contributed by atoms with Gasteiger partial charge in [-0.25, -0.2) is 0 Å². The molecule has 0 spiro atoms. The van der Waals surface area contributed by atoms with Crippen molar-refractivity contribution in [3.05, 3.63) is 46.1 Å². The van der Waals surface area contributed by atoms with E-state index in [1.54, 1.807) is 0 Å². The first-order chi connectivity index (χ1) is 11.8. The third-order valence-electron chi connectivity index (χ3n) is 3.65. The van der Waals surface area contributed by atoms with Crippen LogP contribution in [0.5, 0.6) is 23.0 Å². The van der Waals surface area contributed by atoms with Crippen LogP contribution in [-0.4, -0.2) is 31.5 Å². The first kappa shape index (κ1) is 16.2. The maximum Gasteiger partial charge on any atom is 0.307 e. The van der Waals surface area contributed by atoms with Gasteiger partial charge in [-0.2, -0.15) is 0 Å². The van der Waals surface area contributed by atoms with Crippen LogP contribution < -0.4 is 5.43 Å². The van der Waals surface area contributed by atoms with Gasteiger partial charge < -0.3 is 29.9 Å². The zero-order chi connectivity index (χ0) is 18.3. The van der Waals surface area contributed by atoms with Crippen LogP contribution >= 0.6 is 0 Å². The average Bonchev–Trinajstić information content (AvgIpc) is 2.50. The van der Waals surface area contributed by atoms with Gasteiger partial charge in [0.05, 0.1) is 6.42 Å². The first-order valence-corrected chi connectivity index (χ1v) is 7.03. The largest absolute Gasteiger partial charge is 0.508 e. The van der Waals surface area contributed by atoms with Crippen molar-refractivity contribution < 1.29 is 34.7 Å². The molecule has 0 unspecified atom stereocenters. The van der Waals surface area contributed by atoms with Gasteiger partial charge in [-0.15, -0.1) is 0 Å². The molecule has 0 saturated heterocycles. The minimum absolute atomic E-state index is 0.0829. The molecular formula is C17H12O8. The minimum Gasteiger partial charge on any atom is -0.508 e. The average molecular weight is 344 g/mol. The van der Waals surface area contributed by atoms with Crippen molar-refractivity contribution in [2.75, 3.05) is 0 Å². The summed E-state index contributed by atoms with van der Waals surface area (Å²) in [5.41, 5.74) is -0.796. The van der Waals surface area contributed by atoms with Crippen LogP contribution in [0.25, 0.3) is 22.3 Å². The van der Waals surface area contributed by atoms with Gasteiger partial charge in [0.15, 0.2) is 16.9 Å². The Morgan fingerprint density at radius 1 is 1.00 bits per heavy atom. The number of hydrogen-bond donors (Lipinski definition) is 5. The Morgan fingerprint density at radius 2 is 1.72 bits per heavy atom. The number of aliphatic carboxylic acids is 1. The van der Waals surface area contributed by atoms with Crippen LogP contribution in [0.2, 0.25) is 0 Å². The highest BCUT2D eigenvalue weighted by Crippen LogP contribution is 2.38. The number of phenols is 4. The van der Waals surface area contributed by atoms with Gasteiger partial charge in [-0.3, -0.25) is 9.59 Å². The monoisotopic (exact) mass is 344 g/mol. The predicted molar refractivity (Wildman–Crippen MR) is 85.9 cm³/mol. The van der Waals surface area contributed by atoms with E-state index < -0.39 is 35.1 Å². The molecule has 2 aromatic carbocycles. The summed E-state index contributed by atoms with van der Waals surface area (Å²) >= 11 is 0. The highest BCUT2D eigenvalue weighted by molar-refractivity contribution is 5.87. The molecule has 0 radical (unpaired) electrons. The van der Waals surface area contributed by atoms with Crippen molar-refractivity contribution in [2.45, 2.75) is 6.42 Å². The third kappa shape index (κ3) is 2.80. The van der Waals surface area contributed by atoms with Gasteiger partial charge in [0.1, 0.15) is 28.2 Å². The number of carbonyl (C=O) groups is 1. The predicted octanol–water partition coefficient (Wildman–Crippen LogP) is 1.91. The number of phenolic OH excluding ortho intramolecular Hbond substituents is 4. The molecule has 3 aromatic rings. The molecule has 128 valence electrons. The second kappa shape index (κ2) is 5.75. The zero-order valence-electron chi connectivity index (χ0n) is 12.6. The molecular weight excluding hydrogens is 332 g/mol. The Kier molecular flexibility index (Phi) is 3.72. The molecule has 25 heavy (non-hydrogen) atoms. The zero-order valence-corrected chi connectivity index (χ0v) is 12.6. The Morgan fingerprint density at radius 3 is 2.40 bits per heavy atom. The molecule has 0 saturated carbocycles. The fourth-order valence-electron chi connectivity index (χ4n) is 2.57. The van der Waals surface area contributed by atoms with Crippen molar-refractivity contribution >= 4 is 16.9 Å². The van der Waals surface area contributed by atoms with Gasteiger partial charge in [0.25, 0.3) is 0 Å². The summed E-state index contributed by atoms with van der Waals surface area (Å²) < 4.78 is 5.50. The van der Waals surface area contributed by atoms with E-state index >= 15 is 0 Å². The third-order valence-corrected chi connectivity index (χ3v) is 3.65. The number of aromatic hydroxyl groups is 4. The lowest BCUT2D eigenvalue weighted by molar-refractivity contribution is -0.136. The van der Waals surface area contributed by atoms with Gasteiger partial charge in [0, 0.05) is 29.3 Å². The Bertz CT molecular complexity index is 1060. The fourth-order valence-corrected chi connectivity index (χ4v) is 2.57. The minimum atomic E-state index is -1.26. The molecule has 0 amide bonds. The second-order valence-electron chi connectivity index (χ2n) is 5.34. The summed E-state index contributed by atoms with van der Waals surface area (Å²) in [6.07, 6.45) is -0.622. The van der Waals surface area contributed by atoms with Crippen LogP contribution in [0.1, 0.15) is 5.56 Å². The molecule has 8 heteroatoms. The molecule has 0 bridgehead atoms. The van der Waals surface area contributed by atoms with Gasteiger partial charge in [-0.05, 0) is 12.1 Å². The number of fused-ring (bicyclic) bond motifs is 1. The van der Waals surface area contributed by atoms with Crippen molar-refractivity contribution in [1.82, 2.24) is 0 Å². The quantitative estimate of drug-likeness (QED) is 0.452. The topological polar surface area (TPSA) is 148 Å². The Labute approximate surface area is 139 Å². The smallest absolute Gasteiger partial charge is 0.307 e. The van der Waals surface area contributed by atoms with Crippen molar-refractivity contribution in [3.63, 3.8) is 0 Å². The highest BCUT2D eigenvalue weighted by Gasteiger charge is 2.20. The van der Waals surface area contributed by atoms with Gasteiger partial charge >= 0.3 is 5.97 Å². The lowest BCUT2D eigenvalue weighted by atomic mass is 10.00. The normalized spacial score (nSPS) is 10.9. The maximum atomic E-state index is 12.3. The summed E-state index contributed by atoms with van der Waals surface area (Å²) in [5.74, 6) is -3.30. The number of carboxylic acid groups (broad SMARTS) is 1. The Hall–Kier alpha value is -3.68. The molecule has 8 nitrogen and oxygen atoms in total. The van der Waals surface area contributed by atoms with E-state index in [0.29, 0.717) is 0 Å². The molecule has 1 heterocycles. The van der Waals surface area contributed by atoms with E-state index in [1.165, 1.54) is 6.07 Å². The van der Waals surface area contributed by atoms with Gasteiger partial charge in [0.2, 0.25) is 0 Å². The SMILES string of the molecule is O=C(O)Cc1c(-c2cc(=O)c3c(O)cc(O)cc3o2)ccc(O)c1O. The summed E-state index contributed by atoms with van der Waals surface area (Å²) in [6, 6.07) is 5.55. The molecule has 0 atom stereocenters. The summed E-state index contributed by atoms with van der Waals surface area (Å²) in [4.78, 5) is 23.3. The van der Waals surface area contributed by atoms with Crippen molar-refractivity contribution in [3.8, 4) is 34.3 Å². The highest BCUT2D eigenvalue weighted by atomic mass is 16.4. The first-order valence-electron chi connectivity index (χ1n) is 7.03. The van der Waals surface area contributed by atoms with Gasteiger partial charge in [-0.1, -0.05) is 0 Å². The molecule has 0 aliphatic carbocycles. The lowest BCUT2D eigenvalue weighted by Crippen LogP contribution is -2.05. The number of rotatable bonds is 3. The molecule has 3 rings (SSSR count). The molecule has 1 aromatic heterocycles. The molecule has 0 aliphatic heterocycles. The number of carboxylic acids is 1. The number of benzene rings is 2. The van der Waals surface area contributed by atoms with E-state index in [2.05, 4.69) is 0 Å². The maximum absolute atomic E-state index is 12.3. The summed E-state index contributed by atoms with van der Waals surface area (Å²) in [5, 5.41) is 47.7. The van der Waals surface area contributed by atoms with E-state index in [9.17, 15) is 30.0 Å². The fraction of sp³-hybridized carbons (Fsp3) is 0.0588. The van der Waals surface area contributed by atoms with Crippen LogP contribution in [0.15, 0.2) is 39.5 Å². The van der Waals surface area contributed by atoms with E-state index in [4.69, 9.17) is 9.52 Å². The van der Waals surface area contributed by atoms with E-state index in [-0.39, 0.29) is 33.6 Å². The summed E-state index contributed by atoms with van der Waals surface area (Å²) in [6.45, 7) is 0. The van der Waals surface area contributed by atoms with Crippen LogP contribution in [0.3, 0.4) is 0 Å². The van der Waals surface area contributed by atoms with E-state index in [1.807, 2.05) is 0 Å². The van der Waals surface area contributed by atoms with Crippen LogP contribution in [0.4, 0.5) is 0 Å². The van der Waals surface area contributed by atoms with Crippen LogP contribution in [0, 0.1) is 0 Å². The number of hydrogen-bond acceptors (Lipinski definition) is 7. The second-order valence-corrected chi connectivity index (χ2v) is 5.34.